The molecule has 0 aliphatic carbocycles. The normalized spacial score (nSPS) is 11.8. The molecule has 156 valence electrons. The van der Waals surface area contributed by atoms with Crippen molar-refractivity contribution in [1.82, 2.24) is 15.5 Å². The van der Waals surface area contributed by atoms with Gasteiger partial charge in [0, 0.05) is 15.6 Å². The second-order valence-corrected chi connectivity index (χ2v) is 8.43. The van der Waals surface area contributed by atoms with E-state index in [1.807, 2.05) is 54.6 Å². The minimum absolute atomic E-state index is 0.138. The maximum atomic E-state index is 12.7. The van der Waals surface area contributed by atoms with Crippen LogP contribution in [-0.2, 0) is 4.79 Å². The first-order valence-corrected chi connectivity index (χ1v) is 11.1. The molecule has 0 saturated carbocycles. The molecule has 8 heteroatoms. The number of amides is 1. The second-order valence-electron chi connectivity index (χ2n) is 6.63. The molecule has 31 heavy (non-hydrogen) atoms. The van der Waals surface area contributed by atoms with Gasteiger partial charge in [-0.25, -0.2) is 0 Å². The molecule has 1 atom stereocenters. The summed E-state index contributed by atoms with van der Waals surface area (Å²) in [4.78, 5) is 12.7. The lowest BCUT2D eigenvalue weighted by molar-refractivity contribution is -0.119. The van der Waals surface area contributed by atoms with E-state index in [1.165, 1.54) is 11.8 Å². The number of hydrogen-bond acceptors (Lipinski definition) is 5. The van der Waals surface area contributed by atoms with E-state index in [1.54, 1.807) is 24.3 Å². The van der Waals surface area contributed by atoms with E-state index in [0.29, 0.717) is 21.2 Å². The SMILES string of the molecule is O=C(CSc1nnc(-c2ccc(Cl)cc2)o1)NC(c1ccccc1)c1ccc(Cl)cc1. The highest BCUT2D eigenvalue weighted by Gasteiger charge is 2.18. The molecular weight excluding hydrogens is 453 g/mol. The summed E-state index contributed by atoms with van der Waals surface area (Å²) in [5.41, 5.74) is 2.68. The van der Waals surface area contributed by atoms with Gasteiger partial charge in [-0.2, -0.15) is 0 Å². The lowest BCUT2D eigenvalue weighted by Gasteiger charge is -2.19. The van der Waals surface area contributed by atoms with Crippen molar-refractivity contribution >= 4 is 40.9 Å². The Hall–Kier alpha value is -2.80. The monoisotopic (exact) mass is 469 g/mol. The van der Waals surface area contributed by atoms with Crippen LogP contribution in [0.5, 0.6) is 0 Å². The van der Waals surface area contributed by atoms with Gasteiger partial charge < -0.3 is 9.73 Å². The number of hydrogen-bond donors (Lipinski definition) is 1. The van der Waals surface area contributed by atoms with Crippen LogP contribution in [-0.4, -0.2) is 21.9 Å². The number of nitrogens with zero attached hydrogens (tertiary/aromatic N) is 2. The maximum Gasteiger partial charge on any atom is 0.277 e. The van der Waals surface area contributed by atoms with Crippen molar-refractivity contribution < 1.29 is 9.21 Å². The molecule has 4 rings (SSSR count). The van der Waals surface area contributed by atoms with Gasteiger partial charge in [0.15, 0.2) is 0 Å². The van der Waals surface area contributed by atoms with Crippen LogP contribution in [0, 0.1) is 0 Å². The molecule has 0 saturated heterocycles. The van der Waals surface area contributed by atoms with E-state index < -0.39 is 0 Å². The smallest absolute Gasteiger partial charge is 0.277 e. The summed E-state index contributed by atoms with van der Waals surface area (Å²) in [7, 11) is 0. The van der Waals surface area contributed by atoms with E-state index >= 15 is 0 Å². The van der Waals surface area contributed by atoms with Crippen molar-refractivity contribution in [3.05, 3.63) is 100 Å². The molecule has 1 heterocycles. The Morgan fingerprint density at radius 2 is 1.48 bits per heavy atom. The Bertz CT molecular complexity index is 1150. The number of carbonyl (C=O) groups excluding carboxylic acids is 1. The fourth-order valence-corrected chi connectivity index (χ4v) is 3.79. The predicted molar refractivity (Wildman–Crippen MR) is 123 cm³/mol. The van der Waals surface area contributed by atoms with Crippen molar-refractivity contribution in [2.75, 3.05) is 5.75 Å². The Morgan fingerprint density at radius 3 is 2.16 bits per heavy atom. The van der Waals surface area contributed by atoms with Gasteiger partial charge in [-0.1, -0.05) is 77.4 Å². The molecular formula is C23H17Cl2N3O2S. The third-order valence-corrected chi connectivity index (χ3v) is 5.79. The van der Waals surface area contributed by atoms with E-state index in [9.17, 15) is 4.79 Å². The highest BCUT2D eigenvalue weighted by Crippen LogP contribution is 2.26. The quantitative estimate of drug-likeness (QED) is 0.334. The minimum Gasteiger partial charge on any atom is -0.411 e. The molecule has 1 unspecified atom stereocenters. The van der Waals surface area contributed by atoms with Crippen LogP contribution in [0.25, 0.3) is 11.5 Å². The fraction of sp³-hybridized carbons (Fsp3) is 0.0870. The molecule has 1 N–H and O–H groups in total. The molecule has 1 amide bonds. The van der Waals surface area contributed by atoms with Gasteiger partial charge in [-0.15, -0.1) is 10.2 Å². The number of halogens is 2. The zero-order valence-electron chi connectivity index (χ0n) is 16.2. The molecule has 5 nitrogen and oxygen atoms in total. The largest absolute Gasteiger partial charge is 0.411 e. The summed E-state index contributed by atoms with van der Waals surface area (Å²) in [5, 5.41) is 12.7. The minimum atomic E-state index is -0.293. The number of nitrogens with one attached hydrogen (secondary N) is 1. The molecule has 0 radical (unpaired) electrons. The molecule has 0 fully saturated rings. The van der Waals surface area contributed by atoms with Crippen molar-refractivity contribution in [3.63, 3.8) is 0 Å². The van der Waals surface area contributed by atoms with Gasteiger partial charge in [-0.05, 0) is 47.5 Å². The van der Waals surface area contributed by atoms with Crippen molar-refractivity contribution in [2.45, 2.75) is 11.3 Å². The maximum absolute atomic E-state index is 12.7. The number of rotatable bonds is 7. The zero-order chi connectivity index (χ0) is 21.6. The van der Waals surface area contributed by atoms with Crippen LogP contribution in [0.3, 0.4) is 0 Å². The second kappa shape index (κ2) is 10.0. The Kier molecular flexibility index (Phi) is 6.92. The molecule has 1 aromatic heterocycles. The van der Waals surface area contributed by atoms with E-state index in [4.69, 9.17) is 27.6 Å². The highest BCUT2D eigenvalue weighted by molar-refractivity contribution is 7.99. The van der Waals surface area contributed by atoms with E-state index in [0.717, 1.165) is 16.7 Å². The highest BCUT2D eigenvalue weighted by atomic mass is 35.5. The molecule has 0 spiro atoms. The summed E-state index contributed by atoms with van der Waals surface area (Å²) in [6.45, 7) is 0. The van der Waals surface area contributed by atoms with Crippen molar-refractivity contribution in [1.29, 1.82) is 0 Å². The van der Waals surface area contributed by atoms with Gasteiger partial charge in [0.25, 0.3) is 5.22 Å². The first kappa shape index (κ1) is 21.4. The van der Waals surface area contributed by atoms with E-state index in [2.05, 4.69) is 15.5 Å². The Balaban J connectivity index is 1.42. The number of carbonyl (C=O) groups is 1. The summed E-state index contributed by atoms with van der Waals surface area (Å²) in [6.07, 6.45) is 0. The molecule has 4 aromatic rings. The van der Waals surface area contributed by atoms with Crippen molar-refractivity contribution in [3.8, 4) is 11.5 Å². The average Bonchev–Trinajstić information content (AvgIpc) is 3.27. The summed E-state index contributed by atoms with van der Waals surface area (Å²) in [6, 6.07) is 24.0. The standard InChI is InChI=1S/C23H17Cl2N3O2S/c24-18-10-6-16(7-11-18)21(15-4-2-1-3-5-15)26-20(29)14-31-23-28-27-22(30-23)17-8-12-19(25)13-9-17/h1-13,21H,14H2,(H,26,29). The lowest BCUT2D eigenvalue weighted by Crippen LogP contribution is -2.30. The molecule has 0 aliphatic heterocycles. The van der Waals surface area contributed by atoms with Crippen LogP contribution in [0.2, 0.25) is 10.0 Å². The fourth-order valence-electron chi connectivity index (χ4n) is 2.97. The number of aromatic nitrogens is 2. The van der Waals surface area contributed by atoms with E-state index in [-0.39, 0.29) is 17.7 Å². The Labute approximate surface area is 193 Å². The van der Waals surface area contributed by atoms with Gasteiger partial charge in [-0.3, -0.25) is 4.79 Å². The third kappa shape index (κ3) is 5.67. The summed E-state index contributed by atoms with van der Waals surface area (Å²) in [5.74, 6) is 0.363. The topological polar surface area (TPSA) is 68.0 Å². The summed E-state index contributed by atoms with van der Waals surface area (Å²) >= 11 is 13.1. The van der Waals surface area contributed by atoms with Gasteiger partial charge in [0.05, 0.1) is 11.8 Å². The van der Waals surface area contributed by atoms with Gasteiger partial charge in [0.2, 0.25) is 11.8 Å². The first-order valence-electron chi connectivity index (χ1n) is 9.40. The molecule has 0 bridgehead atoms. The third-order valence-electron chi connectivity index (χ3n) is 4.47. The summed E-state index contributed by atoms with van der Waals surface area (Å²) < 4.78 is 5.65. The predicted octanol–water partition coefficient (Wildman–Crippen LogP) is 6.04. The van der Waals surface area contributed by atoms with Gasteiger partial charge >= 0.3 is 0 Å². The molecule has 3 aromatic carbocycles. The zero-order valence-corrected chi connectivity index (χ0v) is 18.5. The molecule has 0 aliphatic rings. The first-order chi connectivity index (χ1) is 15.1. The van der Waals surface area contributed by atoms with Crippen LogP contribution in [0.1, 0.15) is 17.2 Å². The van der Waals surface area contributed by atoms with Gasteiger partial charge in [0.1, 0.15) is 0 Å². The van der Waals surface area contributed by atoms with Crippen LogP contribution in [0.15, 0.2) is 88.5 Å². The lowest BCUT2D eigenvalue weighted by atomic mass is 9.99. The number of thioether (sulfide) groups is 1. The average molecular weight is 470 g/mol. The van der Waals surface area contributed by atoms with Crippen LogP contribution in [0.4, 0.5) is 0 Å². The Morgan fingerprint density at radius 1 is 0.871 bits per heavy atom. The number of benzene rings is 3. The van der Waals surface area contributed by atoms with Crippen LogP contribution >= 0.6 is 35.0 Å². The van der Waals surface area contributed by atoms with Crippen LogP contribution < -0.4 is 5.32 Å². The van der Waals surface area contributed by atoms with Crippen molar-refractivity contribution in [2.24, 2.45) is 0 Å².